The van der Waals surface area contributed by atoms with Crippen LogP contribution >= 0.6 is 0 Å². The Balaban J connectivity index is 1.71. The Morgan fingerprint density at radius 1 is 0.958 bits per heavy atom. The molecule has 0 aliphatic heterocycles. The molecule has 120 valence electrons. The van der Waals surface area contributed by atoms with Gasteiger partial charge in [-0.15, -0.1) is 0 Å². The highest BCUT2D eigenvalue weighted by Crippen LogP contribution is 2.25. The van der Waals surface area contributed by atoms with Crippen molar-refractivity contribution in [3.63, 3.8) is 0 Å². The van der Waals surface area contributed by atoms with Crippen LogP contribution in [0.3, 0.4) is 0 Å². The Morgan fingerprint density at radius 3 is 2.58 bits per heavy atom. The molecule has 0 bridgehead atoms. The van der Waals surface area contributed by atoms with E-state index in [4.69, 9.17) is 4.98 Å². The third-order valence-corrected chi connectivity index (χ3v) is 4.18. The van der Waals surface area contributed by atoms with Crippen molar-refractivity contribution in [1.29, 1.82) is 0 Å². The van der Waals surface area contributed by atoms with Gasteiger partial charge in [0, 0.05) is 12.7 Å². The van der Waals surface area contributed by atoms with E-state index in [-0.39, 0.29) is 0 Å². The number of aromatic nitrogens is 4. The number of hydrogen-bond donors (Lipinski definition) is 0. The van der Waals surface area contributed by atoms with E-state index in [0.29, 0.717) is 0 Å². The lowest BCUT2D eigenvalue weighted by Crippen LogP contribution is -2.00. The predicted octanol–water partition coefficient (Wildman–Crippen LogP) is 4.36. The molecule has 2 heterocycles. The van der Waals surface area contributed by atoms with Gasteiger partial charge in [0.1, 0.15) is 5.82 Å². The molecule has 0 radical (unpaired) electrons. The molecule has 0 unspecified atom stereocenters. The van der Waals surface area contributed by atoms with Crippen LogP contribution in [0.15, 0.2) is 67.0 Å². The number of hydrogen-bond acceptors (Lipinski definition) is 2. The van der Waals surface area contributed by atoms with Crippen LogP contribution in [0.5, 0.6) is 0 Å². The molecule has 4 aromatic rings. The SMILES string of the molecule is CCCn1c(-c2cnn(Cc3ccccc3)c2)nc2ccccc21. The van der Waals surface area contributed by atoms with Crippen molar-refractivity contribution in [2.75, 3.05) is 0 Å². The topological polar surface area (TPSA) is 35.6 Å². The molecule has 4 heteroatoms. The Morgan fingerprint density at radius 2 is 1.75 bits per heavy atom. The lowest BCUT2D eigenvalue weighted by atomic mass is 10.2. The summed E-state index contributed by atoms with van der Waals surface area (Å²) in [5.41, 5.74) is 4.53. The average molecular weight is 316 g/mol. The van der Waals surface area contributed by atoms with E-state index in [1.54, 1.807) is 0 Å². The average Bonchev–Trinajstić information content (AvgIpc) is 3.21. The highest BCUT2D eigenvalue weighted by molar-refractivity contribution is 5.80. The first-order valence-corrected chi connectivity index (χ1v) is 8.37. The standard InChI is InChI=1S/C20H20N4/c1-2-12-24-19-11-7-6-10-18(19)22-20(24)17-13-21-23(15-17)14-16-8-4-3-5-9-16/h3-11,13,15H,2,12,14H2,1H3. The van der Waals surface area contributed by atoms with Crippen LogP contribution < -0.4 is 0 Å². The van der Waals surface area contributed by atoms with E-state index in [2.05, 4.69) is 65.3 Å². The third-order valence-electron chi connectivity index (χ3n) is 4.18. The first kappa shape index (κ1) is 14.7. The first-order valence-electron chi connectivity index (χ1n) is 8.37. The second kappa shape index (κ2) is 6.32. The molecule has 0 saturated carbocycles. The van der Waals surface area contributed by atoms with E-state index in [9.17, 15) is 0 Å². The van der Waals surface area contributed by atoms with Crippen molar-refractivity contribution >= 4 is 11.0 Å². The van der Waals surface area contributed by atoms with E-state index >= 15 is 0 Å². The Labute approximate surface area is 141 Å². The Bertz CT molecular complexity index is 950. The number of aryl methyl sites for hydroxylation is 1. The van der Waals surface area contributed by atoms with Crippen molar-refractivity contribution in [2.45, 2.75) is 26.4 Å². The first-order chi connectivity index (χ1) is 11.8. The molecule has 2 aromatic heterocycles. The highest BCUT2D eigenvalue weighted by Gasteiger charge is 2.13. The molecule has 0 atom stereocenters. The van der Waals surface area contributed by atoms with Gasteiger partial charge in [-0.3, -0.25) is 4.68 Å². The predicted molar refractivity (Wildman–Crippen MR) is 96.8 cm³/mol. The maximum Gasteiger partial charge on any atom is 0.144 e. The molecular weight excluding hydrogens is 296 g/mol. The second-order valence-corrected chi connectivity index (χ2v) is 5.99. The van der Waals surface area contributed by atoms with Gasteiger partial charge in [-0.25, -0.2) is 4.98 Å². The van der Waals surface area contributed by atoms with Gasteiger partial charge in [-0.2, -0.15) is 5.10 Å². The zero-order chi connectivity index (χ0) is 16.4. The van der Waals surface area contributed by atoms with Crippen LogP contribution in [0.1, 0.15) is 18.9 Å². The summed E-state index contributed by atoms with van der Waals surface area (Å²) >= 11 is 0. The van der Waals surface area contributed by atoms with Gasteiger partial charge in [-0.1, -0.05) is 49.4 Å². The van der Waals surface area contributed by atoms with Gasteiger partial charge in [0.25, 0.3) is 0 Å². The van der Waals surface area contributed by atoms with Crippen LogP contribution in [0.25, 0.3) is 22.4 Å². The molecular formula is C20H20N4. The van der Waals surface area contributed by atoms with E-state index < -0.39 is 0 Å². The normalized spacial score (nSPS) is 11.2. The zero-order valence-corrected chi connectivity index (χ0v) is 13.8. The molecule has 24 heavy (non-hydrogen) atoms. The van der Waals surface area contributed by atoms with Crippen LogP contribution in [0.2, 0.25) is 0 Å². The van der Waals surface area contributed by atoms with Crippen molar-refractivity contribution in [2.24, 2.45) is 0 Å². The van der Waals surface area contributed by atoms with Gasteiger partial charge < -0.3 is 4.57 Å². The van der Waals surface area contributed by atoms with E-state index in [0.717, 1.165) is 36.4 Å². The fourth-order valence-electron chi connectivity index (χ4n) is 3.08. The Kier molecular flexibility index (Phi) is 3.87. The summed E-state index contributed by atoms with van der Waals surface area (Å²) in [5, 5.41) is 4.52. The summed E-state index contributed by atoms with van der Waals surface area (Å²) < 4.78 is 4.26. The smallest absolute Gasteiger partial charge is 0.144 e. The van der Waals surface area contributed by atoms with Gasteiger partial charge in [0.05, 0.1) is 29.3 Å². The number of benzene rings is 2. The number of para-hydroxylation sites is 2. The fraction of sp³-hybridized carbons (Fsp3) is 0.200. The minimum absolute atomic E-state index is 0.773. The summed E-state index contributed by atoms with van der Waals surface area (Å²) in [6.07, 6.45) is 5.07. The maximum absolute atomic E-state index is 4.83. The minimum Gasteiger partial charge on any atom is -0.324 e. The van der Waals surface area contributed by atoms with Crippen LogP contribution in [-0.4, -0.2) is 19.3 Å². The van der Waals surface area contributed by atoms with Crippen LogP contribution in [-0.2, 0) is 13.1 Å². The van der Waals surface area contributed by atoms with E-state index in [1.165, 1.54) is 11.1 Å². The quantitative estimate of drug-likeness (QED) is 0.548. The van der Waals surface area contributed by atoms with Gasteiger partial charge in [0.2, 0.25) is 0 Å². The van der Waals surface area contributed by atoms with E-state index in [1.807, 2.05) is 23.0 Å². The second-order valence-electron chi connectivity index (χ2n) is 5.99. The monoisotopic (exact) mass is 316 g/mol. The Hall–Kier alpha value is -2.88. The molecule has 0 spiro atoms. The summed E-state index contributed by atoms with van der Waals surface area (Å²) in [6, 6.07) is 18.7. The number of rotatable bonds is 5. The van der Waals surface area contributed by atoms with Crippen molar-refractivity contribution in [1.82, 2.24) is 19.3 Å². The fourth-order valence-corrected chi connectivity index (χ4v) is 3.08. The lowest BCUT2D eigenvalue weighted by molar-refractivity contribution is 0.686. The number of fused-ring (bicyclic) bond motifs is 1. The molecule has 0 fully saturated rings. The summed E-state index contributed by atoms with van der Waals surface area (Å²) in [7, 11) is 0. The molecule has 4 nitrogen and oxygen atoms in total. The van der Waals surface area contributed by atoms with Crippen molar-refractivity contribution in [3.05, 3.63) is 72.6 Å². The van der Waals surface area contributed by atoms with Gasteiger partial charge >= 0.3 is 0 Å². The number of nitrogens with zero attached hydrogens (tertiary/aromatic N) is 4. The summed E-state index contributed by atoms with van der Waals surface area (Å²) in [5.74, 6) is 0.998. The molecule has 0 N–H and O–H groups in total. The van der Waals surface area contributed by atoms with Crippen LogP contribution in [0.4, 0.5) is 0 Å². The largest absolute Gasteiger partial charge is 0.324 e. The molecule has 4 rings (SSSR count). The molecule has 0 aliphatic rings. The van der Waals surface area contributed by atoms with Gasteiger partial charge in [-0.05, 0) is 24.1 Å². The zero-order valence-electron chi connectivity index (χ0n) is 13.8. The number of imidazole rings is 1. The molecule has 0 amide bonds. The third kappa shape index (κ3) is 2.71. The van der Waals surface area contributed by atoms with Gasteiger partial charge in [0.15, 0.2) is 0 Å². The maximum atomic E-state index is 4.83. The van der Waals surface area contributed by atoms with Crippen LogP contribution in [0, 0.1) is 0 Å². The molecule has 0 saturated heterocycles. The van der Waals surface area contributed by atoms with Crippen molar-refractivity contribution in [3.8, 4) is 11.4 Å². The summed E-state index contributed by atoms with van der Waals surface area (Å²) in [4.78, 5) is 4.83. The minimum atomic E-state index is 0.773. The molecule has 0 aliphatic carbocycles. The van der Waals surface area contributed by atoms with Crippen molar-refractivity contribution < 1.29 is 0 Å². The summed E-state index contributed by atoms with van der Waals surface area (Å²) in [6.45, 7) is 3.92. The molecule has 2 aromatic carbocycles. The highest BCUT2D eigenvalue weighted by atomic mass is 15.3. The lowest BCUT2D eigenvalue weighted by Gasteiger charge is -2.06.